The molecular formula is C18H24ClN5O2. The summed E-state index contributed by atoms with van der Waals surface area (Å²) in [5.74, 6) is 1.36. The first kappa shape index (κ1) is 18.8. The molecule has 0 radical (unpaired) electrons. The fourth-order valence-corrected chi connectivity index (χ4v) is 3.18. The van der Waals surface area contributed by atoms with Gasteiger partial charge >= 0.3 is 0 Å². The number of halogens is 1. The number of nitrogens with one attached hydrogen (secondary N) is 1. The van der Waals surface area contributed by atoms with Crippen molar-refractivity contribution in [3.8, 4) is 11.4 Å². The molecule has 7 nitrogen and oxygen atoms in total. The molecule has 0 aliphatic carbocycles. The minimum atomic E-state index is 0.00410. The van der Waals surface area contributed by atoms with Gasteiger partial charge < -0.3 is 14.7 Å². The van der Waals surface area contributed by atoms with Gasteiger partial charge in [0.1, 0.15) is 0 Å². The Labute approximate surface area is 158 Å². The van der Waals surface area contributed by atoms with Gasteiger partial charge in [0.25, 0.3) is 0 Å². The highest BCUT2D eigenvalue weighted by Crippen LogP contribution is 2.19. The van der Waals surface area contributed by atoms with E-state index in [1.54, 1.807) is 12.1 Å². The summed E-state index contributed by atoms with van der Waals surface area (Å²) in [6.45, 7) is 6.31. The number of aromatic nitrogens is 2. The summed E-state index contributed by atoms with van der Waals surface area (Å²) >= 11 is 5.90. The summed E-state index contributed by atoms with van der Waals surface area (Å²) in [5.41, 5.74) is 0.873. The number of nitrogens with zero attached hydrogens (tertiary/aromatic N) is 4. The number of piperazine rings is 1. The van der Waals surface area contributed by atoms with Crippen LogP contribution >= 0.6 is 11.6 Å². The molecule has 140 valence electrons. The second kappa shape index (κ2) is 8.62. The van der Waals surface area contributed by atoms with Crippen molar-refractivity contribution in [3.63, 3.8) is 0 Å². The largest absolute Gasteiger partial charge is 0.340 e. The van der Waals surface area contributed by atoms with Gasteiger partial charge in [-0.15, -0.1) is 0 Å². The summed E-state index contributed by atoms with van der Waals surface area (Å²) in [7, 11) is 1.87. The lowest BCUT2D eigenvalue weighted by Crippen LogP contribution is -2.50. The lowest BCUT2D eigenvalue weighted by atomic mass is 10.1. The third kappa shape index (κ3) is 4.60. The van der Waals surface area contributed by atoms with Crippen molar-refractivity contribution in [1.29, 1.82) is 0 Å². The van der Waals surface area contributed by atoms with Crippen LogP contribution < -0.4 is 5.32 Å². The zero-order valence-corrected chi connectivity index (χ0v) is 15.9. The van der Waals surface area contributed by atoms with Gasteiger partial charge in [-0.25, -0.2) is 0 Å². The van der Waals surface area contributed by atoms with Crippen LogP contribution in [0, 0.1) is 5.92 Å². The minimum Gasteiger partial charge on any atom is -0.340 e. The second-order valence-electron chi connectivity index (χ2n) is 6.58. The van der Waals surface area contributed by atoms with E-state index in [1.165, 1.54) is 0 Å². The zero-order chi connectivity index (χ0) is 18.5. The van der Waals surface area contributed by atoms with Crippen molar-refractivity contribution in [3.05, 3.63) is 35.2 Å². The van der Waals surface area contributed by atoms with E-state index < -0.39 is 0 Å². The predicted octanol–water partition coefficient (Wildman–Crippen LogP) is 1.89. The molecule has 1 saturated heterocycles. The molecule has 2 aromatic rings. The number of rotatable bonds is 6. The van der Waals surface area contributed by atoms with Gasteiger partial charge in [-0.05, 0) is 31.3 Å². The second-order valence-corrected chi connectivity index (χ2v) is 7.02. The van der Waals surface area contributed by atoms with Crippen LogP contribution in [0.3, 0.4) is 0 Å². The van der Waals surface area contributed by atoms with Gasteiger partial charge in [-0.3, -0.25) is 9.69 Å². The van der Waals surface area contributed by atoms with Crippen molar-refractivity contribution in [2.45, 2.75) is 13.5 Å². The highest BCUT2D eigenvalue weighted by Gasteiger charge is 2.25. The Bertz CT molecular complexity index is 725. The Balaban J connectivity index is 1.52. The van der Waals surface area contributed by atoms with Crippen LogP contribution in [0.25, 0.3) is 11.4 Å². The predicted molar refractivity (Wildman–Crippen MR) is 99.7 cm³/mol. The van der Waals surface area contributed by atoms with E-state index in [-0.39, 0.29) is 11.8 Å². The molecule has 0 saturated carbocycles. The van der Waals surface area contributed by atoms with Crippen LogP contribution in [-0.2, 0) is 11.3 Å². The van der Waals surface area contributed by atoms with Crippen molar-refractivity contribution in [1.82, 2.24) is 25.3 Å². The quantitative estimate of drug-likeness (QED) is 0.828. The molecule has 1 unspecified atom stereocenters. The van der Waals surface area contributed by atoms with Gasteiger partial charge in [0, 0.05) is 49.2 Å². The summed E-state index contributed by atoms with van der Waals surface area (Å²) in [6.07, 6.45) is 0. The van der Waals surface area contributed by atoms with Crippen LogP contribution in [0.4, 0.5) is 0 Å². The molecule has 1 aliphatic heterocycles. The highest BCUT2D eigenvalue weighted by atomic mass is 35.5. The third-order valence-electron chi connectivity index (χ3n) is 4.55. The van der Waals surface area contributed by atoms with E-state index in [4.69, 9.17) is 16.1 Å². The monoisotopic (exact) mass is 377 g/mol. The first-order chi connectivity index (χ1) is 12.6. The number of carbonyl (C=O) groups excluding carboxylic acids is 1. The molecule has 26 heavy (non-hydrogen) atoms. The van der Waals surface area contributed by atoms with Crippen molar-refractivity contribution in [2.24, 2.45) is 5.92 Å². The van der Waals surface area contributed by atoms with Crippen LogP contribution in [0.15, 0.2) is 28.8 Å². The SMILES string of the molecule is CNCC(C)C(=O)N1CCN(Cc2nc(-c3ccc(Cl)cc3)no2)CC1. The Hall–Kier alpha value is -1.96. The smallest absolute Gasteiger partial charge is 0.241 e. The van der Waals surface area contributed by atoms with Gasteiger partial charge in [0.2, 0.25) is 17.6 Å². The summed E-state index contributed by atoms with van der Waals surface area (Å²) in [4.78, 5) is 21.0. The maximum absolute atomic E-state index is 12.4. The van der Waals surface area contributed by atoms with E-state index in [2.05, 4.69) is 20.4 Å². The van der Waals surface area contributed by atoms with Crippen molar-refractivity contribution in [2.75, 3.05) is 39.8 Å². The standard InChI is InChI=1S/C18H24ClN5O2/c1-13(11-20-2)18(25)24-9-7-23(8-10-24)12-16-21-17(22-26-16)14-3-5-15(19)6-4-14/h3-6,13,20H,7-12H2,1-2H3. The van der Waals surface area contributed by atoms with E-state index >= 15 is 0 Å². The molecule has 1 atom stereocenters. The first-order valence-electron chi connectivity index (χ1n) is 8.81. The summed E-state index contributed by atoms with van der Waals surface area (Å²) in [6, 6.07) is 7.35. The number of hydrogen-bond acceptors (Lipinski definition) is 6. The molecule has 1 amide bonds. The molecule has 1 aromatic carbocycles. The normalized spacial score (nSPS) is 16.7. The van der Waals surface area contributed by atoms with E-state index in [9.17, 15) is 4.79 Å². The van der Waals surface area contributed by atoms with Crippen LogP contribution in [-0.4, -0.2) is 65.6 Å². The average Bonchev–Trinajstić information content (AvgIpc) is 3.11. The molecule has 1 aliphatic rings. The highest BCUT2D eigenvalue weighted by molar-refractivity contribution is 6.30. The molecule has 3 rings (SSSR count). The third-order valence-corrected chi connectivity index (χ3v) is 4.80. The molecular weight excluding hydrogens is 354 g/mol. The molecule has 8 heteroatoms. The number of hydrogen-bond donors (Lipinski definition) is 1. The number of carbonyl (C=O) groups is 1. The number of amides is 1. The van der Waals surface area contributed by atoms with Crippen LogP contribution in [0.2, 0.25) is 5.02 Å². The topological polar surface area (TPSA) is 74.5 Å². The first-order valence-corrected chi connectivity index (χ1v) is 9.19. The molecule has 0 bridgehead atoms. The molecule has 1 aromatic heterocycles. The van der Waals surface area contributed by atoms with Gasteiger partial charge in [0.05, 0.1) is 6.54 Å². The molecule has 1 fully saturated rings. The average molecular weight is 378 g/mol. The summed E-state index contributed by atoms with van der Waals surface area (Å²) < 4.78 is 5.37. The molecule has 0 spiro atoms. The van der Waals surface area contributed by atoms with Gasteiger partial charge in [-0.2, -0.15) is 4.98 Å². The lowest BCUT2D eigenvalue weighted by molar-refractivity contribution is -0.136. The molecule has 1 N–H and O–H groups in total. The number of benzene rings is 1. The molecule has 2 heterocycles. The Morgan fingerprint density at radius 3 is 2.62 bits per heavy atom. The van der Waals surface area contributed by atoms with E-state index in [0.29, 0.717) is 29.8 Å². The van der Waals surface area contributed by atoms with E-state index in [1.807, 2.05) is 31.0 Å². The van der Waals surface area contributed by atoms with Crippen LogP contribution in [0.5, 0.6) is 0 Å². The fraction of sp³-hybridized carbons (Fsp3) is 0.500. The van der Waals surface area contributed by atoms with Crippen molar-refractivity contribution < 1.29 is 9.32 Å². The van der Waals surface area contributed by atoms with E-state index in [0.717, 1.165) is 31.7 Å². The Kier molecular flexibility index (Phi) is 6.24. The van der Waals surface area contributed by atoms with Gasteiger partial charge in [0.15, 0.2) is 0 Å². The Morgan fingerprint density at radius 2 is 1.96 bits per heavy atom. The minimum absolute atomic E-state index is 0.00410. The lowest BCUT2D eigenvalue weighted by Gasteiger charge is -2.35. The Morgan fingerprint density at radius 1 is 1.27 bits per heavy atom. The van der Waals surface area contributed by atoms with Crippen LogP contribution in [0.1, 0.15) is 12.8 Å². The summed E-state index contributed by atoms with van der Waals surface area (Å²) in [5, 5.41) is 7.77. The fourth-order valence-electron chi connectivity index (χ4n) is 3.06. The maximum Gasteiger partial charge on any atom is 0.241 e. The maximum atomic E-state index is 12.4. The van der Waals surface area contributed by atoms with Gasteiger partial charge in [-0.1, -0.05) is 23.7 Å². The van der Waals surface area contributed by atoms with Crippen molar-refractivity contribution >= 4 is 17.5 Å². The zero-order valence-electron chi connectivity index (χ0n) is 15.1.